The first-order valence-corrected chi connectivity index (χ1v) is 5.60. The minimum Gasteiger partial charge on any atom is -0.481 e. The van der Waals surface area contributed by atoms with Crippen LogP contribution < -0.4 is 0 Å². The van der Waals surface area contributed by atoms with Crippen LogP contribution in [0.3, 0.4) is 0 Å². The monoisotopic (exact) mass is 244 g/mol. The van der Waals surface area contributed by atoms with Gasteiger partial charge in [-0.3, -0.25) is 9.48 Å². The number of hydrogen-bond donors (Lipinski definition) is 1. The Bertz CT molecular complexity index is 407. The lowest BCUT2D eigenvalue weighted by molar-refractivity contribution is -0.136. The molecule has 0 bridgehead atoms. The summed E-state index contributed by atoms with van der Waals surface area (Å²) in [7, 11) is 0. The molecular weight excluding hydrogens is 230 g/mol. The largest absolute Gasteiger partial charge is 0.481 e. The van der Waals surface area contributed by atoms with E-state index in [1.54, 1.807) is 10.7 Å². The molecule has 0 saturated heterocycles. The van der Waals surface area contributed by atoms with E-state index in [9.17, 15) is 13.6 Å². The number of rotatable bonds is 3. The molecule has 94 valence electrons. The quantitative estimate of drug-likeness (QED) is 0.887. The van der Waals surface area contributed by atoms with Crippen molar-refractivity contribution in [1.82, 2.24) is 9.78 Å². The first kappa shape index (κ1) is 12.0. The van der Waals surface area contributed by atoms with Crippen LogP contribution in [-0.2, 0) is 11.2 Å². The van der Waals surface area contributed by atoms with Gasteiger partial charge in [-0.1, -0.05) is 0 Å². The van der Waals surface area contributed by atoms with Crippen LogP contribution >= 0.6 is 0 Å². The smallest absolute Gasteiger partial charge is 0.309 e. The summed E-state index contributed by atoms with van der Waals surface area (Å²) >= 11 is 0. The lowest BCUT2D eigenvalue weighted by Crippen LogP contribution is -2.27. The standard InChI is InChI=1S/C11H14F2N2O2/c12-11(13)4-1-8(2-5-11)15-9(3-6-14-15)7-10(16)17/h3,6,8H,1-2,4-5,7H2,(H,16,17). The Labute approximate surface area is 97.2 Å². The number of nitrogens with zero attached hydrogens (tertiary/aromatic N) is 2. The Hall–Kier alpha value is -1.46. The van der Waals surface area contributed by atoms with Gasteiger partial charge in [0.1, 0.15) is 0 Å². The van der Waals surface area contributed by atoms with Gasteiger partial charge in [0.15, 0.2) is 0 Å². The number of aromatic nitrogens is 2. The van der Waals surface area contributed by atoms with E-state index in [1.807, 2.05) is 0 Å². The van der Waals surface area contributed by atoms with E-state index >= 15 is 0 Å². The fourth-order valence-electron chi connectivity index (χ4n) is 2.23. The maximum Gasteiger partial charge on any atom is 0.309 e. The zero-order chi connectivity index (χ0) is 12.5. The highest BCUT2D eigenvalue weighted by Gasteiger charge is 2.36. The molecule has 0 aliphatic heterocycles. The molecule has 0 spiro atoms. The number of hydrogen-bond acceptors (Lipinski definition) is 2. The average Bonchev–Trinajstić information content (AvgIpc) is 2.65. The fraction of sp³-hybridized carbons (Fsp3) is 0.636. The Morgan fingerprint density at radius 2 is 2.18 bits per heavy atom. The van der Waals surface area contributed by atoms with Gasteiger partial charge >= 0.3 is 5.97 Å². The number of carbonyl (C=O) groups is 1. The van der Waals surface area contributed by atoms with Gasteiger partial charge in [-0.25, -0.2) is 8.78 Å². The van der Waals surface area contributed by atoms with Crippen molar-refractivity contribution in [3.8, 4) is 0 Å². The summed E-state index contributed by atoms with van der Waals surface area (Å²) in [6.07, 6.45) is 1.80. The zero-order valence-corrected chi connectivity index (χ0v) is 9.27. The van der Waals surface area contributed by atoms with Crippen molar-refractivity contribution in [2.75, 3.05) is 0 Å². The third kappa shape index (κ3) is 2.81. The highest BCUT2D eigenvalue weighted by atomic mass is 19.3. The number of halogens is 2. The maximum atomic E-state index is 13.0. The molecule has 4 nitrogen and oxygen atoms in total. The molecule has 0 aromatic carbocycles. The molecule has 1 aliphatic carbocycles. The molecule has 0 amide bonds. The molecule has 1 aliphatic rings. The van der Waals surface area contributed by atoms with E-state index in [2.05, 4.69) is 5.10 Å². The summed E-state index contributed by atoms with van der Waals surface area (Å²) < 4.78 is 27.6. The molecule has 0 atom stereocenters. The third-order valence-electron chi connectivity index (χ3n) is 3.12. The van der Waals surface area contributed by atoms with E-state index in [0.717, 1.165) is 0 Å². The van der Waals surface area contributed by atoms with Gasteiger partial charge in [-0.2, -0.15) is 5.10 Å². The van der Waals surface area contributed by atoms with Crippen LogP contribution in [0.5, 0.6) is 0 Å². The number of alkyl halides is 2. The van der Waals surface area contributed by atoms with E-state index in [-0.39, 0.29) is 25.3 Å². The predicted molar refractivity (Wildman–Crippen MR) is 56.0 cm³/mol. The number of carboxylic acids is 1. The molecule has 2 rings (SSSR count). The van der Waals surface area contributed by atoms with Crippen LogP contribution in [0, 0.1) is 0 Å². The van der Waals surface area contributed by atoms with Crippen molar-refractivity contribution in [2.45, 2.75) is 44.1 Å². The minimum atomic E-state index is -2.57. The third-order valence-corrected chi connectivity index (χ3v) is 3.12. The molecule has 1 aromatic rings. The zero-order valence-electron chi connectivity index (χ0n) is 9.27. The van der Waals surface area contributed by atoms with Crippen LogP contribution in [0.4, 0.5) is 8.78 Å². The molecule has 1 aromatic heterocycles. The normalized spacial score (nSPS) is 20.4. The van der Waals surface area contributed by atoms with Crippen LogP contribution in [0.25, 0.3) is 0 Å². The fourth-order valence-corrected chi connectivity index (χ4v) is 2.23. The SMILES string of the molecule is O=C(O)Cc1ccnn1C1CCC(F)(F)CC1. The average molecular weight is 244 g/mol. The van der Waals surface area contributed by atoms with Crippen molar-refractivity contribution < 1.29 is 18.7 Å². The number of aliphatic carboxylic acids is 1. The lowest BCUT2D eigenvalue weighted by Gasteiger charge is -2.29. The van der Waals surface area contributed by atoms with Crippen LogP contribution in [0.2, 0.25) is 0 Å². The predicted octanol–water partition coefficient (Wildman–Crippen LogP) is 2.26. The Kier molecular flexibility index (Phi) is 3.13. The highest BCUT2D eigenvalue weighted by molar-refractivity contribution is 5.69. The summed E-state index contributed by atoms with van der Waals surface area (Å²) in [5.74, 6) is -3.51. The van der Waals surface area contributed by atoms with Crippen LogP contribution in [-0.4, -0.2) is 26.8 Å². The van der Waals surface area contributed by atoms with Crippen molar-refractivity contribution in [1.29, 1.82) is 0 Å². The highest BCUT2D eigenvalue weighted by Crippen LogP contribution is 2.38. The van der Waals surface area contributed by atoms with Gasteiger partial charge < -0.3 is 5.11 Å². The molecule has 1 fully saturated rings. The lowest BCUT2D eigenvalue weighted by atomic mass is 9.92. The Morgan fingerprint density at radius 3 is 2.76 bits per heavy atom. The van der Waals surface area contributed by atoms with Gasteiger partial charge in [-0.05, 0) is 18.9 Å². The molecule has 0 radical (unpaired) electrons. The van der Waals surface area contributed by atoms with E-state index in [0.29, 0.717) is 18.5 Å². The van der Waals surface area contributed by atoms with Gasteiger partial charge in [-0.15, -0.1) is 0 Å². The topological polar surface area (TPSA) is 55.1 Å². The molecule has 6 heteroatoms. The van der Waals surface area contributed by atoms with Crippen LogP contribution in [0.1, 0.15) is 37.4 Å². The second kappa shape index (κ2) is 4.43. The van der Waals surface area contributed by atoms with Gasteiger partial charge in [0.2, 0.25) is 5.92 Å². The first-order valence-electron chi connectivity index (χ1n) is 5.60. The molecule has 17 heavy (non-hydrogen) atoms. The molecule has 1 heterocycles. The first-order chi connectivity index (χ1) is 7.98. The van der Waals surface area contributed by atoms with Gasteiger partial charge in [0, 0.05) is 24.7 Å². The molecule has 1 saturated carbocycles. The van der Waals surface area contributed by atoms with Crippen LogP contribution in [0.15, 0.2) is 12.3 Å². The molecule has 0 unspecified atom stereocenters. The van der Waals surface area contributed by atoms with Gasteiger partial charge in [0.25, 0.3) is 0 Å². The second-order valence-electron chi connectivity index (χ2n) is 4.42. The van der Waals surface area contributed by atoms with Gasteiger partial charge in [0.05, 0.1) is 12.5 Å². The second-order valence-corrected chi connectivity index (χ2v) is 4.42. The van der Waals surface area contributed by atoms with E-state index < -0.39 is 11.9 Å². The summed E-state index contributed by atoms with van der Waals surface area (Å²) in [5, 5.41) is 12.8. The Balaban J connectivity index is 2.08. The van der Waals surface area contributed by atoms with Crippen molar-refractivity contribution in [2.24, 2.45) is 0 Å². The van der Waals surface area contributed by atoms with E-state index in [4.69, 9.17) is 5.11 Å². The maximum absolute atomic E-state index is 13.0. The van der Waals surface area contributed by atoms with Crippen molar-refractivity contribution in [3.63, 3.8) is 0 Å². The van der Waals surface area contributed by atoms with Crippen molar-refractivity contribution >= 4 is 5.97 Å². The number of carboxylic acid groups (broad SMARTS) is 1. The molecule has 1 N–H and O–H groups in total. The van der Waals surface area contributed by atoms with Crippen molar-refractivity contribution in [3.05, 3.63) is 18.0 Å². The molecular formula is C11H14F2N2O2. The summed E-state index contributed by atoms with van der Waals surface area (Å²) in [6, 6.07) is 1.53. The summed E-state index contributed by atoms with van der Waals surface area (Å²) in [5.41, 5.74) is 0.577. The minimum absolute atomic E-state index is 0.0982. The summed E-state index contributed by atoms with van der Waals surface area (Å²) in [4.78, 5) is 10.6. The Morgan fingerprint density at radius 1 is 1.53 bits per heavy atom. The van der Waals surface area contributed by atoms with E-state index in [1.165, 1.54) is 6.20 Å². The summed E-state index contributed by atoms with van der Waals surface area (Å²) in [6.45, 7) is 0.